The first-order valence-electron chi connectivity index (χ1n) is 5.59. The van der Waals surface area contributed by atoms with Crippen molar-refractivity contribution in [3.63, 3.8) is 0 Å². The third kappa shape index (κ3) is 2.24. The molecule has 1 aliphatic rings. The van der Waals surface area contributed by atoms with Crippen LogP contribution in [0.5, 0.6) is 5.88 Å². The van der Waals surface area contributed by atoms with Gasteiger partial charge < -0.3 is 10.1 Å². The molecule has 0 aliphatic heterocycles. The zero-order valence-corrected chi connectivity index (χ0v) is 10.1. The van der Waals surface area contributed by atoms with E-state index in [1.165, 1.54) is 18.2 Å². The molecule has 0 amide bonds. The SMILES string of the molecule is CSc1nc(O)c(C2CCCCC2)c(=O)[nH]1. The van der Waals surface area contributed by atoms with E-state index in [1.54, 1.807) is 0 Å². The van der Waals surface area contributed by atoms with Gasteiger partial charge in [0.25, 0.3) is 5.56 Å². The first-order chi connectivity index (χ1) is 7.72. The smallest absolute Gasteiger partial charge is 0.258 e. The van der Waals surface area contributed by atoms with Crippen molar-refractivity contribution in [1.82, 2.24) is 9.97 Å². The predicted molar refractivity (Wildman–Crippen MR) is 64.1 cm³/mol. The summed E-state index contributed by atoms with van der Waals surface area (Å²) >= 11 is 1.33. The highest BCUT2D eigenvalue weighted by Crippen LogP contribution is 2.34. The van der Waals surface area contributed by atoms with Gasteiger partial charge in [-0.2, -0.15) is 4.98 Å². The van der Waals surface area contributed by atoms with Gasteiger partial charge in [0.05, 0.1) is 5.56 Å². The van der Waals surface area contributed by atoms with Gasteiger partial charge in [-0.1, -0.05) is 31.0 Å². The van der Waals surface area contributed by atoms with Gasteiger partial charge in [0.2, 0.25) is 5.88 Å². The summed E-state index contributed by atoms with van der Waals surface area (Å²) in [5, 5.41) is 10.3. The van der Waals surface area contributed by atoms with Crippen LogP contribution in [0.1, 0.15) is 43.6 Å². The van der Waals surface area contributed by atoms with Crippen molar-refractivity contribution in [3.8, 4) is 5.88 Å². The Hall–Kier alpha value is -0.970. The number of thioether (sulfide) groups is 1. The van der Waals surface area contributed by atoms with E-state index < -0.39 is 0 Å². The molecule has 1 aromatic heterocycles. The number of aromatic hydroxyl groups is 1. The molecule has 0 radical (unpaired) electrons. The maximum absolute atomic E-state index is 11.9. The third-order valence-corrected chi connectivity index (χ3v) is 3.70. The fourth-order valence-corrected chi connectivity index (χ4v) is 2.68. The van der Waals surface area contributed by atoms with Crippen molar-refractivity contribution in [2.75, 3.05) is 6.26 Å². The highest BCUT2D eigenvalue weighted by atomic mass is 32.2. The molecule has 1 heterocycles. The molecule has 1 aliphatic carbocycles. The lowest BCUT2D eigenvalue weighted by Crippen LogP contribution is -2.20. The van der Waals surface area contributed by atoms with Gasteiger partial charge >= 0.3 is 0 Å². The van der Waals surface area contributed by atoms with Crippen LogP contribution in [0.15, 0.2) is 9.95 Å². The van der Waals surface area contributed by atoms with Crippen LogP contribution in [0.2, 0.25) is 0 Å². The van der Waals surface area contributed by atoms with Crippen LogP contribution in [0.4, 0.5) is 0 Å². The van der Waals surface area contributed by atoms with Gasteiger partial charge in [-0.25, -0.2) is 0 Å². The third-order valence-electron chi connectivity index (χ3n) is 3.12. The molecule has 2 N–H and O–H groups in total. The Bertz CT molecular complexity index is 424. The lowest BCUT2D eigenvalue weighted by atomic mass is 9.85. The van der Waals surface area contributed by atoms with Gasteiger partial charge in [-0.05, 0) is 25.0 Å². The van der Waals surface area contributed by atoms with Crippen LogP contribution in [0, 0.1) is 0 Å². The van der Waals surface area contributed by atoms with Gasteiger partial charge in [-0.15, -0.1) is 0 Å². The van der Waals surface area contributed by atoms with E-state index in [4.69, 9.17) is 0 Å². The molecule has 1 saturated carbocycles. The highest BCUT2D eigenvalue weighted by molar-refractivity contribution is 7.98. The number of nitrogens with zero attached hydrogens (tertiary/aromatic N) is 1. The molecule has 0 atom stereocenters. The first-order valence-corrected chi connectivity index (χ1v) is 6.82. The van der Waals surface area contributed by atoms with Gasteiger partial charge in [0.1, 0.15) is 0 Å². The summed E-state index contributed by atoms with van der Waals surface area (Å²) in [4.78, 5) is 18.5. The van der Waals surface area contributed by atoms with Crippen LogP contribution in [-0.2, 0) is 0 Å². The largest absolute Gasteiger partial charge is 0.493 e. The van der Waals surface area contributed by atoms with Crippen molar-refractivity contribution in [2.24, 2.45) is 0 Å². The molecule has 1 aromatic rings. The number of aromatic nitrogens is 2. The van der Waals surface area contributed by atoms with E-state index in [0.29, 0.717) is 10.7 Å². The topological polar surface area (TPSA) is 66.0 Å². The minimum absolute atomic E-state index is 0.0833. The molecule has 0 unspecified atom stereocenters. The fraction of sp³-hybridized carbons (Fsp3) is 0.636. The average molecular weight is 240 g/mol. The lowest BCUT2D eigenvalue weighted by Gasteiger charge is -2.21. The molecular weight excluding hydrogens is 224 g/mol. The minimum Gasteiger partial charge on any atom is -0.493 e. The number of nitrogens with one attached hydrogen (secondary N) is 1. The standard InChI is InChI=1S/C11H16N2O2S/c1-16-11-12-9(14)8(10(15)13-11)7-5-3-2-4-6-7/h7H,2-6H2,1H3,(H2,12,13,14,15). The van der Waals surface area contributed by atoms with Gasteiger partial charge in [0, 0.05) is 0 Å². The first kappa shape index (κ1) is 11.5. The van der Waals surface area contributed by atoms with Gasteiger partial charge in [-0.3, -0.25) is 4.79 Å². The summed E-state index contributed by atoms with van der Waals surface area (Å²) in [7, 11) is 0. The second-order valence-corrected chi connectivity index (χ2v) is 4.94. The normalized spacial score (nSPS) is 17.6. The van der Waals surface area contributed by atoms with E-state index in [-0.39, 0.29) is 17.4 Å². The molecule has 1 fully saturated rings. The second kappa shape index (κ2) is 4.91. The summed E-state index contributed by atoms with van der Waals surface area (Å²) in [6, 6.07) is 0. The zero-order chi connectivity index (χ0) is 11.5. The van der Waals surface area contributed by atoms with E-state index in [9.17, 15) is 9.90 Å². The Morgan fingerprint density at radius 1 is 1.38 bits per heavy atom. The van der Waals surface area contributed by atoms with Crippen LogP contribution < -0.4 is 5.56 Å². The molecule has 0 aromatic carbocycles. The molecule has 0 saturated heterocycles. The van der Waals surface area contributed by atoms with Gasteiger partial charge in [0.15, 0.2) is 5.16 Å². The van der Waals surface area contributed by atoms with Crippen LogP contribution in [0.3, 0.4) is 0 Å². The molecule has 0 bridgehead atoms. The molecule has 16 heavy (non-hydrogen) atoms. The number of hydrogen-bond acceptors (Lipinski definition) is 4. The molecule has 88 valence electrons. The Morgan fingerprint density at radius 3 is 2.62 bits per heavy atom. The van der Waals surface area contributed by atoms with Crippen LogP contribution in [0.25, 0.3) is 0 Å². The van der Waals surface area contributed by atoms with Crippen molar-refractivity contribution in [2.45, 2.75) is 43.2 Å². The maximum atomic E-state index is 11.9. The lowest BCUT2D eigenvalue weighted by molar-refractivity contribution is 0.394. The van der Waals surface area contributed by atoms with Crippen LogP contribution in [-0.4, -0.2) is 21.3 Å². The molecule has 5 heteroatoms. The summed E-state index contributed by atoms with van der Waals surface area (Å²) in [5.74, 6) is 0.0981. The summed E-state index contributed by atoms with van der Waals surface area (Å²) in [6.45, 7) is 0. The summed E-state index contributed by atoms with van der Waals surface area (Å²) in [6.07, 6.45) is 7.28. The maximum Gasteiger partial charge on any atom is 0.258 e. The van der Waals surface area contributed by atoms with E-state index in [1.807, 2.05) is 6.26 Å². The molecule has 2 rings (SSSR count). The number of hydrogen-bond donors (Lipinski definition) is 2. The number of rotatable bonds is 2. The Kier molecular flexibility index (Phi) is 3.53. The molecular formula is C11H16N2O2S. The molecule has 0 spiro atoms. The van der Waals surface area contributed by atoms with Crippen molar-refractivity contribution >= 4 is 11.8 Å². The predicted octanol–water partition coefficient (Wildman–Crippen LogP) is 2.25. The second-order valence-electron chi connectivity index (χ2n) is 4.15. The monoisotopic (exact) mass is 240 g/mol. The number of H-pyrrole nitrogens is 1. The summed E-state index contributed by atoms with van der Waals surface area (Å²) < 4.78 is 0. The van der Waals surface area contributed by atoms with Crippen LogP contribution >= 0.6 is 11.8 Å². The average Bonchev–Trinajstić information content (AvgIpc) is 2.29. The number of aromatic amines is 1. The van der Waals surface area contributed by atoms with E-state index >= 15 is 0 Å². The Labute approximate surface area is 98.5 Å². The Balaban J connectivity index is 2.36. The minimum atomic E-state index is -0.177. The summed E-state index contributed by atoms with van der Waals surface area (Å²) in [5.41, 5.74) is 0.307. The van der Waals surface area contributed by atoms with E-state index in [0.717, 1.165) is 25.7 Å². The Morgan fingerprint density at radius 2 is 2.06 bits per heavy atom. The quantitative estimate of drug-likeness (QED) is 0.614. The van der Waals surface area contributed by atoms with Crippen molar-refractivity contribution in [1.29, 1.82) is 0 Å². The zero-order valence-electron chi connectivity index (χ0n) is 9.32. The fourth-order valence-electron chi connectivity index (χ4n) is 2.31. The van der Waals surface area contributed by atoms with Crippen molar-refractivity contribution in [3.05, 3.63) is 15.9 Å². The van der Waals surface area contributed by atoms with E-state index in [2.05, 4.69) is 9.97 Å². The van der Waals surface area contributed by atoms with Crippen molar-refractivity contribution < 1.29 is 5.11 Å². The molecule has 4 nitrogen and oxygen atoms in total. The highest BCUT2D eigenvalue weighted by Gasteiger charge is 2.23.